The molecule has 0 aliphatic rings. The summed E-state index contributed by atoms with van der Waals surface area (Å²) in [6.45, 7) is 6.31. The van der Waals surface area contributed by atoms with Crippen LogP contribution in [0.25, 0.3) is 0 Å². The molecular weight excluding hydrogens is 719 g/mol. The van der Waals surface area contributed by atoms with Crippen LogP contribution in [0.3, 0.4) is 0 Å². The molecule has 0 rings (SSSR count). The van der Waals surface area contributed by atoms with Gasteiger partial charge in [0.2, 0.25) is 5.91 Å². The highest BCUT2D eigenvalue weighted by molar-refractivity contribution is 5.77. The molecule has 3 N–H and O–H groups in total. The maximum absolute atomic E-state index is 13.1. The summed E-state index contributed by atoms with van der Waals surface area (Å²) in [6.07, 6.45) is 56.8. The first-order valence-corrected chi connectivity index (χ1v) is 24.2. The summed E-state index contributed by atoms with van der Waals surface area (Å²) in [5.74, 6) is -0.556. The molecule has 334 valence electrons. The second-order valence-electron chi connectivity index (χ2n) is 16.1. The fourth-order valence-electron chi connectivity index (χ4n) is 6.87. The van der Waals surface area contributed by atoms with Gasteiger partial charge in [-0.3, -0.25) is 9.59 Å². The predicted molar refractivity (Wildman–Crippen MR) is 250 cm³/mol. The van der Waals surface area contributed by atoms with Gasteiger partial charge >= 0.3 is 5.97 Å². The van der Waals surface area contributed by atoms with E-state index < -0.39 is 18.2 Å². The Morgan fingerprint density at radius 1 is 0.517 bits per heavy atom. The van der Waals surface area contributed by atoms with Gasteiger partial charge in [0.1, 0.15) is 6.10 Å². The summed E-state index contributed by atoms with van der Waals surface area (Å²) in [5.41, 5.74) is 0. The second-order valence-corrected chi connectivity index (χ2v) is 16.1. The Morgan fingerprint density at radius 3 is 1.45 bits per heavy atom. The largest absolute Gasteiger partial charge is 0.462 e. The number of nitrogens with one attached hydrogen (secondary N) is 1. The van der Waals surface area contributed by atoms with Crippen molar-refractivity contribution in [3.63, 3.8) is 0 Å². The van der Waals surface area contributed by atoms with E-state index in [1.807, 2.05) is 0 Å². The molecule has 0 saturated carbocycles. The van der Waals surface area contributed by atoms with Crippen molar-refractivity contribution in [3.8, 4) is 0 Å². The third kappa shape index (κ3) is 40.1. The van der Waals surface area contributed by atoms with Crippen molar-refractivity contribution in [1.29, 1.82) is 0 Å². The van der Waals surface area contributed by atoms with Crippen LogP contribution >= 0.6 is 0 Å². The Kier molecular flexibility index (Phi) is 43.3. The molecule has 0 aromatic heterocycles. The lowest BCUT2D eigenvalue weighted by molar-refractivity contribution is -0.151. The van der Waals surface area contributed by atoms with E-state index in [1.54, 1.807) is 0 Å². The van der Waals surface area contributed by atoms with Crippen molar-refractivity contribution in [2.75, 3.05) is 6.61 Å². The first-order valence-electron chi connectivity index (χ1n) is 24.2. The molecule has 0 aromatic rings. The van der Waals surface area contributed by atoms with Crippen LogP contribution in [0.2, 0.25) is 0 Å². The Labute approximate surface area is 358 Å². The van der Waals surface area contributed by atoms with Crippen molar-refractivity contribution in [1.82, 2.24) is 5.32 Å². The molecule has 3 atom stereocenters. The minimum Gasteiger partial charge on any atom is -0.462 e. The number of hydrogen-bond donors (Lipinski definition) is 3. The Bertz CT molecular complexity index is 1090. The molecule has 0 fully saturated rings. The summed E-state index contributed by atoms with van der Waals surface area (Å²) in [4.78, 5) is 26.0. The van der Waals surface area contributed by atoms with Gasteiger partial charge in [0, 0.05) is 6.42 Å². The van der Waals surface area contributed by atoms with E-state index in [1.165, 1.54) is 83.5 Å². The molecule has 0 saturated heterocycles. The topological polar surface area (TPSA) is 95.9 Å². The van der Waals surface area contributed by atoms with Crippen molar-refractivity contribution < 1.29 is 24.5 Å². The third-order valence-corrected chi connectivity index (χ3v) is 10.5. The van der Waals surface area contributed by atoms with Crippen LogP contribution in [0.5, 0.6) is 0 Å². The molecule has 0 radical (unpaired) electrons. The maximum atomic E-state index is 13.1. The lowest BCUT2D eigenvalue weighted by Crippen LogP contribution is -2.46. The number of carbonyl (C=O) groups is 2. The highest BCUT2D eigenvalue weighted by Crippen LogP contribution is 2.17. The minimum atomic E-state index is -0.800. The molecule has 0 spiro atoms. The van der Waals surface area contributed by atoms with Crippen molar-refractivity contribution in [2.45, 2.75) is 238 Å². The number of carbonyl (C=O) groups excluding carboxylic acids is 2. The summed E-state index contributed by atoms with van der Waals surface area (Å²) >= 11 is 0. The Balaban J connectivity index is 4.70. The number of amides is 1. The van der Waals surface area contributed by atoms with Gasteiger partial charge in [-0.1, -0.05) is 190 Å². The minimum absolute atomic E-state index is 0.0464. The van der Waals surface area contributed by atoms with E-state index in [9.17, 15) is 19.8 Å². The lowest BCUT2D eigenvalue weighted by Gasteiger charge is -2.24. The fraction of sp³-hybridized carbons (Fsp3) is 0.731. The van der Waals surface area contributed by atoms with E-state index in [4.69, 9.17) is 4.74 Å². The van der Waals surface area contributed by atoms with Crippen LogP contribution in [0.1, 0.15) is 220 Å². The van der Waals surface area contributed by atoms with Gasteiger partial charge in [0.05, 0.1) is 25.2 Å². The van der Waals surface area contributed by atoms with Crippen molar-refractivity contribution in [2.24, 2.45) is 0 Å². The quantitative estimate of drug-likeness (QED) is 0.0324. The predicted octanol–water partition coefficient (Wildman–Crippen LogP) is 14.2. The molecule has 0 bridgehead atoms. The zero-order valence-corrected chi connectivity index (χ0v) is 37.9. The van der Waals surface area contributed by atoms with E-state index in [0.717, 1.165) is 83.5 Å². The monoisotopic (exact) mass is 810 g/mol. The molecule has 0 aromatic carbocycles. The summed E-state index contributed by atoms with van der Waals surface area (Å²) in [5, 5.41) is 23.6. The second kappa shape index (κ2) is 45.4. The first kappa shape index (κ1) is 55.3. The van der Waals surface area contributed by atoms with Gasteiger partial charge in [-0.05, 0) is 89.9 Å². The number of aliphatic hydroxyl groups is 2. The number of allylic oxidation sites excluding steroid dienone is 12. The van der Waals surface area contributed by atoms with Crippen LogP contribution < -0.4 is 5.32 Å². The van der Waals surface area contributed by atoms with Crippen LogP contribution in [0, 0.1) is 0 Å². The highest BCUT2D eigenvalue weighted by atomic mass is 16.5. The zero-order valence-electron chi connectivity index (χ0n) is 37.9. The van der Waals surface area contributed by atoms with Gasteiger partial charge in [0.15, 0.2) is 0 Å². The van der Waals surface area contributed by atoms with E-state index in [-0.39, 0.29) is 24.9 Å². The van der Waals surface area contributed by atoms with Crippen LogP contribution in [0.4, 0.5) is 0 Å². The average molecular weight is 810 g/mol. The summed E-state index contributed by atoms with van der Waals surface area (Å²) in [7, 11) is 0. The van der Waals surface area contributed by atoms with Gasteiger partial charge < -0.3 is 20.3 Å². The first-order chi connectivity index (χ1) is 28.5. The Morgan fingerprint density at radius 2 is 0.931 bits per heavy atom. The molecule has 1 amide bonds. The zero-order chi connectivity index (χ0) is 42.4. The van der Waals surface area contributed by atoms with Gasteiger partial charge in [-0.2, -0.15) is 0 Å². The van der Waals surface area contributed by atoms with Gasteiger partial charge in [0.25, 0.3) is 0 Å². The van der Waals surface area contributed by atoms with Gasteiger partial charge in [-0.25, -0.2) is 0 Å². The third-order valence-electron chi connectivity index (χ3n) is 10.5. The Hall–Kier alpha value is -2.70. The number of rotatable bonds is 42. The van der Waals surface area contributed by atoms with Crippen LogP contribution in [-0.2, 0) is 14.3 Å². The van der Waals surface area contributed by atoms with Crippen molar-refractivity contribution >= 4 is 11.9 Å². The molecule has 6 nitrogen and oxygen atoms in total. The fourth-order valence-corrected chi connectivity index (χ4v) is 6.87. The summed E-state index contributed by atoms with van der Waals surface area (Å²) in [6, 6.07) is -0.716. The molecule has 0 heterocycles. The summed E-state index contributed by atoms with van der Waals surface area (Å²) < 4.78 is 5.88. The maximum Gasteiger partial charge on any atom is 0.306 e. The molecule has 6 heteroatoms. The number of hydrogen-bond acceptors (Lipinski definition) is 5. The smallest absolute Gasteiger partial charge is 0.306 e. The average Bonchev–Trinajstić information content (AvgIpc) is 3.22. The molecular formula is C52H91NO5. The molecule has 3 unspecified atom stereocenters. The number of aliphatic hydroxyl groups excluding tert-OH is 2. The van der Waals surface area contributed by atoms with Crippen LogP contribution in [-0.4, -0.2) is 46.9 Å². The SMILES string of the molecule is CC/C=C\C/C=C\C/C=C\C/C=C\C/C=C\CCCC(=O)OC(CCCCCCC/C=C\CCCCCC)CC(=O)NC(CO)C(O)CCCCCCCCCCC. The molecule has 0 aliphatic heterocycles. The van der Waals surface area contributed by atoms with E-state index >= 15 is 0 Å². The number of esters is 1. The lowest BCUT2D eigenvalue weighted by atomic mass is 10.0. The van der Waals surface area contributed by atoms with E-state index in [2.05, 4.69) is 99.0 Å². The highest BCUT2D eigenvalue weighted by Gasteiger charge is 2.24. The number of unbranched alkanes of at least 4 members (excludes halogenated alkanes) is 18. The van der Waals surface area contributed by atoms with E-state index in [0.29, 0.717) is 25.7 Å². The standard InChI is InChI=1S/C52H91NO5/c1-4-7-10-13-16-19-21-23-24-25-26-28-30-33-36-39-42-45-52(57)58-48(43-40-37-34-32-29-27-22-20-17-14-11-8-5-2)46-51(56)53-49(47-54)50(55)44-41-38-35-31-18-15-12-9-6-3/h7,10,16,19-20,22-24,26,28,33,36,48-50,54-55H,4-6,8-9,11-15,17-18,21,25,27,29-32,34-35,37-47H2,1-3H3,(H,53,56)/b10-7-,19-16-,22-20-,24-23-,28-26-,36-33-. The molecule has 58 heavy (non-hydrogen) atoms. The normalized spacial score (nSPS) is 13.9. The van der Waals surface area contributed by atoms with Gasteiger partial charge in [-0.15, -0.1) is 0 Å². The number of ether oxygens (including phenoxy) is 1. The van der Waals surface area contributed by atoms with Crippen molar-refractivity contribution in [3.05, 3.63) is 72.9 Å². The van der Waals surface area contributed by atoms with Crippen LogP contribution in [0.15, 0.2) is 72.9 Å². The molecule has 0 aliphatic carbocycles.